The topological polar surface area (TPSA) is 0 Å². The van der Waals surface area contributed by atoms with Gasteiger partial charge in [-0.2, -0.15) is 0 Å². The van der Waals surface area contributed by atoms with Crippen LogP contribution in [0.25, 0.3) is 32.7 Å². The van der Waals surface area contributed by atoms with E-state index in [1.54, 1.807) is 23.5 Å². The first-order valence-electron chi connectivity index (χ1n) is 7.80. The van der Waals surface area contributed by atoms with Gasteiger partial charge < -0.3 is 0 Å². The lowest BCUT2D eigenvalue weighted by Gasteiger charge is -2.07. The summed E-state index contributed by atoms with van der Waals surface area (Å²) in [6.07, 6.45) is 0. The van der Waals surface area contributed by atoms with Gasteiger partial charge in [0, 0.05) is 10.4 Å². The van der Waals surface area contributed by atoms with Crippen molar-refractivity contribution < 1.29 is 4.39 Å². The fourth-order valence-electron chi connectivity index (χ4n) is 2.86. The normalized spacial score (nSPS) is 10.7. The molecule has 0 saturated carbocycles. The Morgan fingerprint density at radius 3 is 2.04 bits per heavy atom. The highest BCUT2D eigenvalue weighted by Crippen LogP contribution is 2.37. The van der Waals surface area contributed by atoms with Gasteiger partial charge >= 0.3 is 0 Å². The predicted octanol–water partition coefficient (Wildman–Crippen LogP) is 6.89. The molecule has 0 aliphatic carbocycles. The van der Waals surface area contributed by atoms with Crippen LogP contribution in [-0.4, -0.2) is 0 Å². The first-order chi connectivity index (χ1) is 11.8. The molecule has 0 nitrogen and oxygen atoms in total. The Morgan fingerprint density at radius 1 is 0.583 bits per heavy atom. The van der Waals surface area contributed by atoms with E-state index < -0.39 is 0 Å². The zero-order valence-electron chi connectivity index (χ0n) is 12.9. The first kappa shape index (κ1) is 14.9. The Bertz CT molecular complexity index is 953. The minimum atomic E-state index is -0.207. The summed E-state index contributed by atoms with van der Waals surface area (Å²) in [7, 11) is 0. The molecule has 0 spiro atoms. The SMILES string of the molecule is Fc1cccc(-c2ccc(-c3sccc3-c3ccccc3)cc2)c1. The lowest BCUT2D eigenvalue weighted by atomic mass is 10.00. The Labute approximate surface area is 144 Å². The van der Waals surface area contributed by atoms with Gasteiger partial charge in [0.1, 0.15) is 5.82 Å². The molecule has 0 aliphatic rings. The third-order valence-electron chi connectivity index (χ3n) is 4.06. The van der Waals surface area contributed by atoms with Crippen LogP contribution in [0.3, 0.4) is 0 Å². The number of rotatable bonds is 3. The van der Waals surface area contributed by atoms with E-state index in [0.717, 1.165) is 11.1 Å². The molecule has 24 heavy (non-hydrogen) atoms. The number of benzene rings is 3. The molecule has 0 aliphatic heterocycles. The molecular formula is C22H15FS. The van der Waals surface area contributed by atoms with Crippen molar-refractivity contribution >= 4 is 11.3 Å². The van der Waals surface area contributed by atoms with Gasteiger partial charge in [0.2, 0.25) is 0 Å². The fourth-order valence-corrected chi connectivity index (χ4v) is 3.79. The quantitative estimate of drug-likeness (QED) is 0.384. The number of hydrogen-bond donors (Lipinski definition) is 0. The molecule has 1 heterocycles. The van der Waals surface area contributed by atoms with Crippen LogP contribution in [0.5, 0.6) is 0 Å². The summed E-state index contributed by atoms with van der Waals surface area (Å²) in [4.78, 5) is 1.26. The van der Waals surface area contributed by atoms with Crippen molar-refractivity contribution in [2.24, 2.45) is 0 Å². The zero-order chi connectivity index (χ0) is 16.4. The summed E-state index contributed by atoms with van der Waals surface area (Å²) in [5.74, 6) is -0.207. The Hall–Kier alpha value is -2.71. The van der Waals surface area contributed by atoms with Crippen LogP contribution >= 0.6 is 11.3 Å². The van der Waals surface area contributed by atoms with Gasteiger partial charge in [-0.1, -0.05) is 66.7 Å². The Morgan fingerprint density at radius 2 is 1.29 bits per heavy atom. The molecular weight excluding hydrogens is 315 g/mol. The minimum Gasteiger partial charge on any atom is -0.207 e. The van der Waals surface area contributed by atoms with Crippen LogP contribution in [0.4, 0.5) is 4.39 Å². The van der Waals surface area contributed by atoms with Crippen molar-refractivity contribution in [3.05, 3.63) is 96.1 Å². The molecule has 0 N–H and O–H groups in total. The molecule has 0 atom stereocenters. The second-order valence-corrected chi connectivity index (χ2v) is 6.53. The van der Waals surface area contributed by atoms with Gasteiger partial charge in [0.15, 0.2) is 0 Å². The number of hydrogen-bond acceptors (Lipinski definition) is 1. The van der Waals surface area contributed by atoms with Crippen molar-refractivity contribution in [1.82, 2.24) is 0 Å². The van der Waals surface area contributed by atoms with Gasteiger partial charge in [-0.3, -0.25) is 0 Å². The van der Waals surface area contributed by atoms with E-state index in [4.69, 9.17) is 0 Å². The third kappa shape index (κ3) is 2.89. The van der Waals surface area contributed by atoms with E-state index in [9.17, 15) is 4.39 Å². The van der Waals surface area contributed by atoms with E-state index in [0.29, 0.717) is 0 Å². The van der Waals surface area contributed by atoms with Crippen LogP contribution < -0.4 is 0 Å². The molecule has 0 fully saturated rings. The van der Waals surface area contributed by atoms with Crippen LogP contribution in [0.15, 0.2) is 90.3 Å². The van der Waals surface area contributed by atoms with Crippen LogP contribution in [0.2, 0.25) is 0 Å². The second kappa shape index (κ2) is 6.42. The maximum absolute atomic E-state index is 13.4. The van der Waals surface area contributed by atoms with Crippen LogP contribution in [-0.2, 0) is 0 Å². The summed E-state index contributed by atoms with van der Waals surface area (Å²) >= 11 is 1.74. The minimum absolute atomic E-state index is 0.207. The van der Waals surface area contributed by atoms with E-state index >= 15 is 0 Å². The lowest BCUT2D eigenvalue weighted by molar-refractivity contribution is 0.628. The van der Waals surface area contributed by atoms with E-state index in [-0.39, 0.29) is 5.82 Å². The largest absolute Gasteiger partial charge is 0.207 e. The Balaban J connectivity index is 1.71. The van der Waals surface area contributed by atoms with E-state index in [1.165, 1.54) is 27.6 Å². The second-order valence-electron chi connectivity index (χ2n) is 5.62. The van der Waals surface area contributed by atoms with Crippen molar-refractivity contribution in [3.63, 3.8) is 0 Å². The molecule has 116 valence electrons. The average Bonchev–Trinajstić information content (AvgIpc) is 3.12. The van der Waals surface area contributed by atoms with Gasteiger partial charge in [-0.25, -0.2) is 4.39 Å². The molecule has 0 saturated heterocycles. The van der Waals surface area contributed by atoms with Crippen LogP contribution in [0, 0.1) is 5.82 Å². The van der Waals surface area contributed by atoms with Crippen LogP contribution in [0.1, 0.15) is 0 Å². The third-order valence-corrected chi connectivity index (χ3v) is 5.02. The molecule has 3 aromatic carbocycles. The monoisotopic (exact) mass is 330 g/mol. The molecule has 1 aromatic heterocycles. The summed E-state index contributed by atoms with van der Waals surface area (Å²) in [6.45, 7) is 0. The van der Waals surface area contributed by atoms with Gasteiger partial charge in [-0.15, -0.1) is 11.3 Å². The molecule has 0 radical (unpaired) electrons. The first-order valence-corrected chi connectivity index (χ1v) is 8.68. The number of halogens is 1. The zero-order valence-corrected chi connectivity index (χ0v) is 13.8. The predicted molar refractivity (Wildman–Crippen MR) is 101 cm³/mol. The van der Waals surface area contributed by atoms with Crippen molar-refractivity contribution in [1.29, 1.82) is 0 Å². The molecule has 2 heteroatoms. The maximum atomic E-state index is 13.4. The Kier molecular flexibility index (Phi) is 3.97. The molecule has 0 unspecified atom stereocenters. The molecule has 0 bridgehead atoms. The smallest absolute Gasteiger partial charge is 0.123 e. The van der Waals surface area contributed by atoms with Gasteiger partial charge in [-0.05, 0) is 45.8 Å². The van der Waals surface area contributed by atoms with E-state index in [2.05, 4.69) is 60.0 Å². The highest BCUT2D eigenvalue weighted by Gasteiger charge is 2.09. The van der Waals surface area contributed by atoms with Gasteiger partial charge in [0.25, 0.3) is 0 Å². The van der Waals surface area contributed by atoms with Crippen molar-refractivity contribution in [2.75, 3.05) is 0 Å². The van der Waals surface area contributed by atoms with E-state index in [1.807, 2.05) is 12.1 Å². The summed E-state index contributed by atoms with van der Waals surface area (Å²) in [6, 6.07) is 27.6. The van der Waals surface area contributed by atoms with Crippen molar-refractivity contribution in [2.45, 2.75) is 0 Å². The summed E-state index contributed by atoms with van der Waals surface area (Å²) in [5, 5.41) is 2.12. The summed E-state index contributed by atoms with van der Waals surface area (Å²) in [5.41, 5.74) is 5.58. The highest BCUT2D eigenvalue weighted by molar-refractivity contribution is 7.14. The standard InChI is InChI=1S/C22H15FS/c23-20-8-4-7-19(15-20)16-9-11-18(12-10-16)22-21(13-14-24-22)17-5-2-1-3-6-17/h1-15H. The molecule has 0 amide bonds. The van der Waals surface area contributed by atoms with Crippen molar-refractivity contribution in [3.8, 4) is 32.7 Å². The maximum Gasteiger partial charge on any atom is 0.123 e. The summed E-state index contributed by atoms with van der Waals surface area (Å²) < 4.78 is 13.4. The lowest BCUT2D eigenvalue weighted by Crippen LogP contribution is -1.82. The highest BCUT2D eigenvalue weighted by atomic mass is 32.1. The van der Waals surface area contributed by atoms with Gasteiger partial charge in [0.05, 0.1) is 0 Å². The fraction of sp³-hybridized carbons (Fsp3) is 0. The molecule has 4 aromatic rings. The number of thiophene rings is 1. The average molecular weight is 330 g/mol. The molecule has 4 rings (SSSR count).